The van der Waals surface area contributed by atoms with E-state index in [0.717, 1.165) is 30.8 Å². The van der Waals surface area contributed by atoms with Crippen molar-refractivity contribution in [3.8, 4) is 0 Å². The molecule has 1 aromatic rings. The molecule has 0 saturated carbocycles. The van der Waals surface area contributed by atoms with Gasteiger partial charge in [0.1, 0.15) is 0 Å². The number of hydrogen-bond acceptors (Lipinski definition) is 3. The summed E-state index contributed by atoms with van der Waals surface area (Å²) in [6.45, 7) is 8.05. The summed E-state index contributed by atoms with van der Waals surface area (Å²) in [6, 6.07) is 5.74. The largest absolute Gasteiger partial charge is 0.372 e. The Morgan fingerprint density at radius 2 is 1.78 bits per heavy atom. The first kappa shape index (κ1) is 14.8. The zero-order valence-corrected chi connectivity index (χ0v) is 12.3. The van der Waals surface area contributed by atoms with Gasteiger partial charge in [0.25, 0.3) is 0 Å². The molecule has 0 saturated heterocycles. The Labute approximate surface area is 110 Å². The van der Waals surface area contributed by atoms with Gasteiger partial charge in [-0.1, -0.05) is 13.0 Å². The fourth-order valence-corrected chi connectivity index (χ4v) is 2.69. The molecule has 1 N–H and O–H groups in total. The quantitative estimate of drug-likeness (QED) is 0.864. The van der Waals surface area contributed by atoms with Crippen LogP contribution in [0.2, 0.25) is 0 Å². The molecule has 0 spiro atoms. The van der Waals surface area contributed by atoms with E-state index in [2.05, 4.69) is 23.5 Å². The van der Waals surface area contributed by atoms with Crippen LogP contribution in [0.3, 0.4) is 0 Å². The summed E-state index contributed by atoms with van der Waals surface area (Å²) in [5.41, 5.74) is 2.84. The molecule has 0 aliphatic carbocycles. The zero-order chi connectivity index (χ0) is 13.8. The van der Waals surface area contributed by atoms with Crippen LogP contribution in [0.5, 0.6) is 0 Å². The van der Waals surface area contributed by atoms with Gasteiger partial charge in [0.15, 0.2) is 0 Å². The van der Waals surface area contributed by atoms with E-state index in [-0.39, 0.29) is 0 Å². The topological polar surface area (TPSA) is 49.4 Å². The Bertz CT molecular complexity index is 494. The molecule has 0 amide bonds. The number of nitrogens with zero attached hydrogens (tertiary/aromatic N) is 1. The molecule has 0 unspecified atom stereocenters. The van der Waals surface area contributed by atoms with E-state index in [1.807, 2.05) is 25.1 Å². The minimum absolute atomic E-state index is 0.685. The molecule has 0 aliphatic rings. The third-order valence-electron chi connectivity index (χ3n) is 2.90. The predicted octanol–water partition coefficient (Wildman–Crippen LogP) is 2.47. The molecular weight excluding hydrogens is 248 g/mol. The van der Waals surface area contributed by atoms with Gasteiger partial charge in [-0.3, -0.25) is 4.72 Å². The lowest BCUT2D eigenvalue weighted by molar-refractivity contribution is 0.606. The average Bonchev–Trinajstić information content (AvgIpc) is 2.29. The maximum Gasteiger partial charge on any atom is 0.229 e. The van der Waals surface area contributed by atoms with Gasteiger partial charge in [-0.2, -0.15) is 0 Å². The maximum atomic E-state index is 11.4. The van der Waals surface area contributed by atoms with Crippen molar-refractivity contribution in [3.05, 3.63) is 23.8 Å². The molecular formula is C13H22N2O2S. The van der Waals surface area contributed by atoms with Gasteiger partial charge in [0, 0.05) is 18.8 Å². The van der Waals surface area contributed by atoms with Gasteiger partial charge in [0.2, 0.25) is 10.0 Å². The van der Waals surface area contributed by atoms with E-state index in [4.69, 9.17) is 0 Å². The Balaban J connectivity index is 3.25. The monoisotopic (exact) mass is 270 g/mol. The third kappa shape index (κ3) is 3.63. The van der Waals surface area contributed by atoms with E-state index in [1.54, 1.807) is 0 Å². The molecule has 0 atom stereocenters. The van der Waals surface area contributed by atoms with Crippen LogP contribution in [0.1, 0.15) is 26.3 Å². The second-order valence-electron chi connectivity index (χ2n) is 4.20. The van der Waals surface area contributed by atoms with Crippen LogP contribution in [-0.4, -0.2) is 27.8 Å². The molecule has 4 nitrogen and oxygen atoms in total. The van der Waals surface area contributed by atoms with E-state index in [1.165, 1.54) is 6.26 Å². The summed E-state index contributed by atoms with van der Waals surface area (Å²) in [5.74, 6) is 0. The van der Waals surface area contributed by atoms with Gasteiger partial charge < -0.3 is 4.90 Å². The van der Waals surface area contributed by atoms with Crippen molar-refractivity contribution < 1.29 is 8.42 Å². The summed E-state index contributed by atoms with van der Waals surface area (Å²) in [6.07, 6.45) is 1.97. The summed E-state index contributed by atoms with van der Waals surface area (Å²) in [5, 5.41) is 0. The number of benzene rings is 1. The second-order valence-corrected chi connectivity index (χ2v) is 5.95. The molecule has 0 aromatic heterocycles. The molecule has 102 valence electrons. The minimum Gasteiger partial charge on any atom is -0.372 e. The standard InChI is InChI=1S/C13H22N2O2S/c1-5-11-12(14-18(4,16)17)9-8-10-13(11)15(6-2)7-3/h8-10,14H,5-7H2,1-4H3. The SMILES string of the molecule is CCc1c(NS(C)(=O)=O)cccc1N(CC)CC. The molecule has 0 aliphatic heterocycles. The predicted molar refractivity (Wildman–Crippen MR) is 77.8 cm³/mol. The second kappa shape index (κ2) is 6.09. The summed E-state index contributed by atoms with van der Waals surface area (Å²) in [7, 11) is -3.23. The van der Waals surface area contributed by atoms with Crippen molar-refractivity contribution in [3.63, 3.8) is 0 Å². The molecule has 1 aromatic carbocycles. The molecule has 5 heteroatoms. The number of rotatable bonds is 6. The zero-order valence-electron chi connectivity index (χ0n) is 11.5. The van der Waals surface area contributed by atoms with Crippen LogP contribution in [0.4, 0.5) is 11.4 Å². The highest BCUT2D eigenvalue weighted by Crippen LogP contribution is 2.28. The van der Waals surface area contributed by atoms with E-state index in [9.17, 15) is 8.42 Å². The maximum absolute atomic E-state index is 11.4. The molecule has 1 rings (SSSR count). The number of anilines is 2. The fourth-order valence-electron chi connectivity index (χ4n) is 2.10. The van der Waals surface area contributed by atoms with Gasteiger partial charge in [-0.05, 0) is 38.0 Å². The van der Waals surface area contributed by atoms with Crippen molar-refractivity contribution in [1.82, 2.24) is 0 Å². The Kier molecular flexibility index (Phi) is 5.02. The van der Waals surface area contributed by atoms with Gasteiger partial charge in [0.05, 0.1) is 11.9 Å². The van der Waals surface area contributed by atoms with Crippen LogP contribution in [0.15, 0.2) is 18.2 Å². The van der Waals surface area contributed by atoms with Crippen LogP contribution in [-0.2, 0) is 16.4 Å². The molecule has 0 radical (unpaired) electrons. The highest BCUT2D eigenvalue weighted by atomic mass is 32.2. The summed E-state index contributed by atoms with van der Waals surface area (Å²) in [4.78, 5) is 2.23. The Hall–Kier alpha value is -1.23. The highest BCUT2D eigenvalue weighted by molar-refractivity contribution is 7.92. The Morgan fingerprint density at radius 3 is 2.22 bits per heavy atom. The molecule has 0 fully saturated rings. The summed E-state index contributed by atoms with van der Waals surface area (Å²) >= 11 is 0. The van der Waals surface area contributed by atoms with Gasteiger partial charge in [-0.25, -0.2) is 8.42 Å². The molecule has 0 heterocycles. The van der Waals surface area contributed by atoms with Crippen molar-refractivity contribution in [2.75, 3.05) is 29.0 Å². The van der Waals surface area contributed by atoms with Crippen LogP contribution in [0, 0.1) is 0 Å². The van der Waals surface area contributed by atoms with Gasteiger partial charge in [-0.15, -0.1) is 0 Å². The smallest absolute Gasteiger partial charge is 0.229 e. The van der Waals surface area contributed by atoms with Crippen LogP contribution < -0.4 is 9.62 Å². The minimum atomic E-state index is -3.23. The van der Waals surface area contributed by atoms with Crippen molar-refractivity contribution >= 4 is 21.4 Å². The highest BCUT2D eigenvalue weighted by Gasteiger charge is 2.13. The van der Waals surface area contributed by atoms with Crippen LogP contribution in [0.25, 0.3) is 0 Å². The van der Waals surface area contributed by atoms with Crippen molar-refractivity contribution in [1.29, 1.82) is 0 Å². The van der Waals surface area contributed by atoms with E-state index >= 15 is 0 Å². The number of nitrogens with one attached hydrogen (secondary N) is 1. The van der Waals surface area contributed by atoms with Gasteiger partial charge >= 0.3 is 0 Å². The normalized spacial score (nSPS) is 11.3. The van der Waals surface area contributed by atoms with Crippen molar-refractivity contribution in [2.24, 2.45) is 0 Å². The summed E-state index contributed by atoms with van der Waals surface area (Å²) < 4.78 is 25.3. The lowest BCUT2D eigenvalue weighted by Crippen LogP contribution is -2.23. The van der Waals surface area contributed by atoms with E-state index in [0.29, 0.717) is 5.69 Å². The van der Waals surface area contributed by atoms with Crippen molar-refractivity contribution in [2.45, 2.75) is 27.2 Å². The number of sulfonamides is 1. The first-order chi connectivity index (χ1) is 8.42. The van der Waals surface area contributed by atoms with E-state index < -0.39 is 10.0 Å². The molecule has 0 bridgehead atoms. The third-order valence-corrected chi connectivity index (χ3v) is 3.50. The average molecular weight is 270 g/mol. The first-order valence-corrected chi connectivity index (χ1v) is 8.16. The molecule has 18 heavy (non-hydrogen) atoms. The lowest BCUT2D eigenvalue weighted by atomic mass is 10.1. The fraction of sp³-hybridized carbons (Fsp3) is 0.538. The van der Waals surface area contributed by atoms with Crippen LogP contribution >= 0.6 is 0 Å². The first-order valence-electron chi connectivity index (χ1n) is 6.27. The Morgan fingerprint density at radius 1 is 1.17 bits per heavy atom. The number of hydrogen-bond donors (Lipinski definition) is 1. The lowest BCUT2D eigenvalue weighted by Gasteiger charge is -2.25.